The second-order valence-electron chi connectivity index (χ2n) is 6.39. The molecule has 2 heteroatoms. The molecule has 0 radical (unpaired) electrons. The van der Waals surface area contributed by atoms with E-state index in [1.54, 1.807) is 0 Å². The highest BCUT2D eigenvalue weighted by Gasteiger charge is 2.18. The van der Waals surface area contributed by atoms with Gasteiger partial charge in [0.15, 0.2) is 0 Å². The van der Waals surface area contributed by atoms with Gasteiger partial charge in [-0.05, 0) is 28.9 Å². The molecule has 1 aromatic rings. The Kier molecular flexibility index (Phi) is 5.83. The van der Waals surface area contributed by atoms with Crippen molar-refractivity contribution in [3.8, 4) is 0 Å². The summed E-state index contributed by atoms with van der Waals surface area (Å²) in [5, 5.41) is 3.55. The van der Waals surface area contributed by atoms with Gasteiger partial charge in [0, 0.05) is 19.6 Å². The van der Waals surface area contributed by atoms with E-state index in [4.69, 9.17) is 5.73 Å². The van der Waals surface area contributed by atoms with Gasteiger partial charge in [0.1, 0.15) is 0 Å². The van der Waals surface area contributed by atoms with Crippen molar-refractivity contribution in [3.05, 3.63) is 35.4 Å². The van der Waals surface area contributed by atoms with Crippen molar-refractivity contribution in [3.63, 3.8) is 0 Å². The molecule has 0 heterocycles. The predicted octanol–water partition coefficient (Wildman–Crippen LogP) is 3.31. The Morgan fingerprint density at radius 3 is 2.17 bits per heavy atom. The smallest absolute Gasteiger partial charge is 0.0205 e. The number of nitrogens with two attached hydrogens (primary N) is 1. The second kappa shape index (κ2) is 6.91. The maximum atomic E-state index is 5.59. The molecule has 3 N–H and O–H groups in total. The molecule has 0 saturated carbocycles. The molecule has 0 aromatic heterocycles. The summed E-state index contributed by atoms with van der Waals surface area (Å²) in [7, 11) is 0. The third-order valence-corrected chi connectivity index (χ3v) is 3.15. The molecule has 0 atom stereocenters. The summed E-state index contributed by atoms with van der Waals surface area (Å²) >= 11 is 0. The van der Waals surface area contributed by atoms with Crippen LogP contribution in [-0.4, -0.2) is 6.54 Å². The quantitative estimate of drug-likeness (QED) is 0.777. The Morgan fingerprint density at radius 1 is 1.11 bits per heavy atom. The molecule has 0 saturated heterocycles. The van der Waals surface area contributed by atoms with Gasteiger partial charge in [-0.25, -0.2) is 0 Å². The maximum Gasteiger partial charge on any atom is 0.0205 e. The predicted molar refractivity (Wildman–Crippen MR) is 79.3 cm³/mol. The van der Waals surface area contributed by atoms with E-state index in [-0.39, 0.29) is 0 Å². The van der Waals surface area contributed by atoms with Crippen LogP contribution in [0.1, 0.15) is 45.2 Å². The molecule has 0 bridgehead atoms. The topological polar surface area (TPSA) is 38.0 Å². The number of rotatable bonds is 7. The summed E-state index contributed by atoms with van der Waals surface area (Å²) in [6, 6.07) is 8.53. The second-order valence-corrected chi connectivity index (χ2v) is 6.39. The van der Waals surface area contributed by atoms with Crippen LogP contribution in [0.25, 0.3) is 0 Å². The standard InChI is InChI=1S/C16H28N2/c1-13(2)9-16(3,4)12-18-11-15-7-5-14(10-17)6-8-15/h5-8,13,18H,9-12,17H2,1-4H3. The molecule has 1 aromatic carbocycles. The lowest BCUT2D eigenvalue weighted by Crippen LogP contribution is -2.30. The van der Waals surface area contributed by atoms with E-state index < -0.39 is 0 Å². The summed E-state index contributed by atoms with van der Waals surface area (Å²) in [6.45, 7) is 11.8. The first-order valence-corrected chi connectivity index (χ1v) is 6.91. The van der Waals surface area contributed by atoms with Crippen molar-refractivity contribution in [2.75, 3.05) is 6.54 Å². The molecule has 1 rings (SSSR count). The Morgan fingerprint density at radius 2 is 1.67 bits per heavy atom. The van der Waals surface area contributed by atoms with Gasteiger partial charge in [-0.15, -0.1) is 0 Å². The molecule has 0 aliphatic rings. The van der Waals surface area contributed by atoms with Crippen molar-refractivity contribution in [1.82, 2.24) is 5.32 Å². The summed E-state index contributed by atoms with van der Waals surface area (Å²) in [5.41, 5.74) is 8.47. The van der Waals surface area contributed by atoms with Crippen LogP contribution in [-0.2, 0) is 13.1 Å². The van der Waals surface area contributed by atoms with Gasteiger partial charge in [0.2, 0.25) is 0 Å². The fourth-order valence-electron chi connectivity index (χ4n) is 2.52. The van der Waals surface area contributed by atoms with Gasteiger partial charge >= 0.3 is 0 Å². The van der Waals surface area contributed by atoms with Crippen LogP contribution in [0.5, 0.6) is 0 Å². The molecule has 0 fully saturated rings. The molecule has 18 heavy (non-hydrogen) atoms. The Labute approximate surface area is 112 Å². The minimum atomic E-state index is 0.366. The SMILES string of the molecule is CC(C)CC(C)(C)CNCc1ccc(CN)cc1. The van der Waals surface area contributed by atoms with Gasteiger partial charge in [0.05, 0.1) is 0 Å². The minimum Gasteiger partial charge on any atom is -0.326 e. The van der Waals surface area contributed by atoms with E-state index in [1.807, 2.05) is 0 Å². The van der Waals surface area contributed by atoms with Crippen LogP contribution in [0, 0.1) is 11.3 Å². The highest BCUT2D eigenvalue weighted by Crippen LogP contribution is 2.24. The Bertz CT molecular complexity index is 339. The van der Waals surface area contributed by atoms with Crippen molar-refractivity contribution < 1.29 is 0 Å². The Balaban J connectivity index is 2.36. The first kappa shape index (κ1) is 15.2. The average Bonchev–Trinajstić information content (AvgIpc) is 2.28. The average molecular weight is 248 g/mol. The van der Waals surface area contributed by atoms with Crippen LogP contribution >= 0.6 is 0 Å². The van der Waals surface area contributed by atoms with Gasteiger partial charge in [-0.3, -0.25) is 0 Å². The van der Waals surface area contributed by atoms with E-state index in [2.05, 4.69) is 57.3 Å². The van der Waals surface area contributed by atoms with Crippen molar-refractivity contribution in [2.45, 2.75) is 47.2 Å². The van der Waals surface area contributed by atoms with E-state index >= 15 is 0 Å². The first-order chi connectivity index (χ1) is 8.43. The third kappa shape index (κ3) is 5.65. The lowest BCUT2D eigenvalue weighted by Gasteiger charge is -2.27. The fraction of sp³-hybridized carbons (Fsp3) is 0.625. The zero-order valence-corrected chi connectivity index (χ0v) is 12.3. The van der Waals surface area contributed by atoms with Gasteiger partial charge < -0.3 is 11.1 Å². The molecule has 102 valence electrons. The number of hydrogen-bond donors (Lipinski definition) is 2. The highest BCUT2D eigenvalue weighted by atomic mass is 14.9. The fourth-order valence-corrected chi connectivity index (χ4v) is 2.52. The first-order valence-electron chi connectivity index (χ1n) is 6.91. The molecule has 0 aliphatic carbocycles. The minimum absolute atomic E-state index is 0.366. The van der Waals surface area contributed by atoms with E-state index in [0.29, 0.717) is 12.0 Å². The monoisotopic (exact) mass is 248 g/mol. The molecule has 2 nitrogen and oxygen atoms in total. The summed E-state index contributed by atoms with van der Waals surface area (Å²) in [4.78, 5) is 0. The molecule has 0 unspecified atom stereocenters. The lowest BCUT2D eigenvalue weighted by atomic mass is 9.84. The highest BCUT2D eigenvalue weighted by molar-refractivity contribution is 5.22. The molecular formula is C16H28N2. The van der Waals surface area contributed by atoms with Crippen molar-refractivity contribution in [1.29, 1.82) is 0 Å². The Hall–Kier alpha value is -0.860. The van der Waals surface area contributed by atoms with Crippen LogP contribution in [0.15, 0.2) is 24.3 Å². The normalized spacial score (nSPS) is 12.1. The number of benzene rings is 1. The van der Waals surface area contributed by atoms with E-state index in [0.717, 1.165) is 19.0 Å². The van der Waals surface area contributed by atoms with Crippen molar-refractivity contribution >= 4 is 0 Å². The van der Waals surface area contributed by atoms with Crippen LogP contribution in [0.3, 0.4) is 0 Å². The lowest BCUT2D eigenvalue weighted by molar-refractivity contribution is 0.273. The third-order valence-electron chi connectivity index (χ3n) is 3.15. The molecular weight excluding hydrogens is 220 g/mol. The molecule has 0 spiro atoms. The van der Waals surface area contributed by atoms with Crippen LogP contribution in [0.2, 0.25) is 0 Å². The van der Waals surface area contributed by atoms with Crippen molar-refractivity contribution in [2.24, 2.45) is 17.1 Å². The van der Waals surface area contributed by atoms with Crippen LogP contribution < -0.4 is 11.1 Å². The summed E-state index contributed by atoms with van der Waals surface area (Å²) in [5.74, 6) is 0.755. The zero-order valence-electron chi connectivity index (χ0n) is 12.3. The van der Waals surface area contributed by atoms with Crippen LogP contribution in [0.4, 0.5) is 0 Å². The number of nitrogens with one attached hydrogen (secondary N) is 1. The summed E-state index contributed by atoms with van der Waals surface area (Å²) < 4.78 is 0. The molecule has 0 amide bonds. The molecule has 0 aliphatic heterocycles. The number of hydrogen-bond acceptors (Lipinski definition) is 2. The van der Waals surface area contributed by atoms with E-state index in [9.17, 15) is 0 Å². The van der Waals surface area contributed by atoms with Gasteiger partial charge in [-0.2, -0.15) is 0 Å². The van der Waals surface area contributed by atoms with Gasteiger partial charge in [0.25, 0.3) is 0 Å². The van der Waals surface area contributed by atoms with E-state index in [1.165, 1.54) is 17.5 Å². The zero-order chi connectivity index (χ0) is 13.6. The summed E-state index contributed by atoms with van der Waals surface area (Å²) in [6.07, 6.45) is 1.26. The largest absolute Gasteiger partial charge is 0.326 e. The maximum absolute atomic E-state index is 5.59. The van der Waals surface area contributed by atoms with Gasteiger partial charge in [-0.1, -0.05) is 52.0 Å².